The van der Waals surface area contributed by atoms with Gasteiger partial charge in [0.15, 0.2) is 12.2 Å². The smallest absolute Gasteiger partial charge is 0.462 e. The topological polar surface area (TPSA) is 237 Å². The number of ether oxygens (including phenoxy) is 4. The monoisotopic (exact) mass is 1310 g/mol. The van der Waals surface area contributed by atoms with Crippen LogP contribution >= 0.6 is 15.6 Å². The van der Waals surface area contributed by atoms with Gasteiger partial charge in [0.25, 0.3) is 0 Å². The summed E-state index contributed by atoms with van der Waals surface area (Å²) in [6, 6.07) is 0. The highest BCUT2D eigenvalue weighted by Crippen LogP contribution is 2.45. The van der Waals surface area contributed by atoms with Crippen LogP contribution in [-0.4, -0.2) is 96.7 Å². The molecule has 0 fully saturated rings. The van der Waals surface area contributed by atoms with Crippen LogP contribution in [0.2, 0.25) is 0 Å². The van der Waals surface area contributed by atoms with Crippen LogP contribution in [0.5, 0.6) is 0 Å². The zero-order valence-electron chi connectivity index (χ0n) is 58.1. The van der Waals surface area contributed by atoms with Crippen LogP contribution in [-0.2, 0) is 65.4 Å². The van der Waals surface area contributed by atoms with E-state index in [1.165, 1.54) is 135 Å². The predicted molar refractivity (Wildman–Crippen MR) is 358 cm³/mol. The van der Waals surface area contributed by atoms with Crippen LogP contribution in [0.1, 0.15) is 344 Å². The Morgan fingerprint density at radius 3 is 0.798 bits per heavy atom. The lowest BCUT2D eigenvalue weighted by Crippen LogP contribution is -2.30. The summed E-state index contributed by atoms with van der Waals surface area (Å²) in [5.74, 6) is 0.824. The van der Waals surface area contributed by atoms with Gasteiger partial charge in [0.05, 0.1) is 26.4 Å². The van der Waals surface area contributed by atoms with Crippen LogP contribution in [0.4, 0.5) is 0 Å². The number of esters is 4. The maximum atomic E-state index is 13.0. The van der Waals surface area contributed by atoms with Crippen molar-refractivity contribution in [3.63, 3.8) is 0 Å². The molecule has 17 nitrogen and oxygen atoms in total. The number of rotatable bonds is 67. The highest BCUT2D eigenvalue weighted by Gasteiger charge is 2.30. The third kappa shape index (κ3) is 63.2. The molecule has 0 rings (SSSR count). The van der Waals surface area contributed by atoms with E-state index < -0.39 is 97.5 Å². The zero-order valence-corrected chi connectivity index (χ0v) is 59.8. The van der Waals surface area contributed by atoms with E-state index in [1.807, 2.05) is 0 Å². The van der Waals surface area contributed by atoms with Gasteiger partial charge < -0.3 is 33.8 Å². The van der Waals surface area contributed by atoms with E-state index in [1.54, 1.807) is 0 Å². The van der Waals surface area contributed by atoms with E-state index in [0.29, 0.717) is 37.5 Å². The van der Waals surface area contributed by atoms with Crippen molar-refractivity contribution in [2.45, 2.75) is 363 Å². The second-order valence-electron chi connectivity index (χ2n) is 26.9. The lowest BCUT2D eigenvalue weighted by atomic mass is 9.99. The van der Waals surface area contributed by atoms with Gasteiger partial charge in [-0.1, -0.05) is 293 Å². The van der Waals surface area contributed by atoms with Crippen molar-refractivity contribution in [1.82, 2.24) is 0 Å². The van der Waals surface area contributed by atoms with Gasteiger partial charge in [-0.3, -0.25) is 37.3 Å². The highest BCUT2D eigenvalue weighted by atomic mass is 31.2. The van der Waals surface area contributed by atoms with Gasteiger partial charge in [-0.2, -0.15) is 0 Å². The molecule has 0 spiro atoms. The maximum Gasteiger partial charge on any atom is 0.472 e. The summed E-state index contributed by atoms with van der Waals surface area (Å²) in [5.41, 5.74) is 0. The van der Waals surface area contributed by atoms with Crippen molar-refractivity contribution in [3.05, 3.63) is 0 Å². The number of carbonyl (C=O) groups is 4. The molecule has 0 saturated heterocycles. The summed E-state index contributed by atoms with van der Waals surface area (Å²) < 4.78 is 68.2. The SMILES string of the molecule is CCC(C)CCCCCCCCCCCCC(=O)O[C@H](COC(=O)CCCCCCCCC(C)C)COP(=O)(O)OC[C@@H](O)COP(=O)(O)OC[C@@H](COC(=O)CCCCCCCCC(C)C)OC(=O)CCCCCCCCCCCCCCCCC(C)C. The molecule has 0 amide bonds. The number of hydrogen-bond donors (Lipinski definition) is 3. The summed E-state index contributed by atoms with van der Waals surface area (Å²) in [6.45, 7) is 14.0. The van der Waals surface area contributed by atoms with Crippen molar-refractivity contribution in [2.24, 2.45) is 23.7 Å². The van der Waals surface area contributed by atoms with E-state index in [0.717, 1.165) is 115 Å². The summed E-state index contributed by atoms with van der Waals surface area (Å²) >= 11 is 0. The minimum atomic E-state index is -4.95. The Morgan fingerprint density at radius 2 is 0.539 bits per heavy atom. The van der Waals surface area contributed by atoms with Gasteiger partial charge >= 0.3 is 39.5 Å². The molecule has 89 heavy (non-hydrogen) atoms. The number of aliphatic hydroxyl groups excluding tert-OH is 1. The van der Waals surface area contributed by atoms with Gasteiger partial charge in [0, 0.05) is 25.7 Å². The molecule has 0 saturated carbocycles. The molecule has 528 valence electrons. The van der Waals surface area contributed by atoms with Crippen molar-refractivity contribution >= 4 is 39.5 Å². The second kappa shape index (κ2) is 59.8. The first-order valence-electron chi connectivity index (χ1n) is 36.2. The predicted octanol–water partition coefficient (Wildman–Crippen LogP) is 19.7. The first-order valence-corrected chi connectivity index (χ1v) is 39.2. The molecular formula is C70H136O17P2. The fourth-order valence-electron chi connectivity index (χ4n) is 10.5. The molecule has 0 aromatic rings. The number of phosphoric acid groups is 2. The molecule has 3 unspecified atom stereocenters. The number of phosphoric ester groups is 2. The van der Waals surface area contributed by atoms with Crippen LogP contribution in [0.25, 0.3) is 0 Å². The van der Waals surface area contributed by atoms with Crippen LogP contribution < -0.4 is 0 Å². The van der Waals surface area contributed by atoms with Gasteiger partial charge in [-0.15, -0.1) is 0 Å². The molecule has 0 heterocycles. The lowest BCUT2D eigenvalue weighted by molar-refractivity contribution is -0.161. The minimum absolute atomic E-state index is 0.104. The Balaban J connectivity index is 5.21. The zero-order chi connectivity index (χ0) is 66.1. The molecule has 0 aliphatic carbocycles. The maximum absolute atomic E-state index is 13.0. The fraction of sp³-hybridized carbons (Fsp3) is 0.943. The van der Waals surface area contributed by atoms with Gasteiger partial charge in [-0.25, -0.2) is 9.13 Å². The number of carbonyl (C=O) groups excluding carboxylic acids is 4. The van der Waals surface area contributed by atoms with Gasteiger partial charge in [0.1, 0.15) is 19.3 Å². The molecule has 0 radical (unpaired) electrons. The molecule has 0 aromatic carbocycles. The standard InChI is InChI=1S/C70H136O17P2/c1-9-63(8)49-41-33-23-19-16-17-21-25-37-45-53-70(75)87-66(57-81-68(73)51-43-35-29-27-32-40-48-62(6)7)59-85-89(78,79)83-55-64(71)54-82-88(76,77)84-58-65(56-80-67(72)50-42-34-28-26-31-39-47-61(4)5)86-69(74)52-44-36-24-20-15-13-11-10-12-14-18-22-30-38-46-60(2)3/h60-66,71H,9-59H2,1-8H3,(H,76,77)(H,78,79)/t63?,64-,65+,66+/m0/s1. The molecule has 0 aliphatic heterocycles. The number of aliphatic hydroxyl groups is 1. The Morgan fingerprint density at radius 1 is 0.315 bits per heavy atom. The quantitative estimate of drug-likeness (QED) is 0.0222. The van der Waals surface area contributed by atoms with Crippen molar-refractivity contribution < 1.29 is 80.2 Å². The van der Waals surface area contributed by atoms with Crippen LogP contribution in [0.3, 0.4) is 0 Å². The Hall–Kier alpha value is -1.94. The average Bonchev–Trinajstić information content (AvgIpc) is 3.70. The van der Waals surface area contributed by atoms with Gasteiger partial charge in [-0.05, 0) is 49.4 Å². The van der Waals surface area contributed by atoms with Crippen LogP contribution in [0.15, 0.2) is 0 Å². The van der Waals surface area contributed by atoms with E-state index in [-0.39, 0.29) is 25.7 Å². The van der Waals surface area contributed by atoms with Crippen molar-refractivity contribution in [3.8, 4) is 0 Å². The Labute approximate surface area is 543 Å². The summed E-state index contributed by atoms with van der Waals surface area (Å²) in [6.07, 6.45) is 41.9. The molecule has 0 aliphatic rings. The van der Waals surface area contributed by atoms with Crippen molar-refractivity contribution in [1.29, 1.82) is 0 Å². The van der Waals surface area contributed by atoms with Crippen molar-refractivity contribution in [2.75, 3.05) is 39.6 Å². The molecule has 19 heteroatoms. The first kappa shape index (κ1) is 87.1. The molecular weight excluding hydrogens is 1170 g/mol. The molecule has 6 atom stereocenters. The summed E-state index contributed by atoms with van der Waals surface area (Å²) in [7, 11) is -9.90. The van der Waals surface area contributed by atoms with E-state index in [9.17, 15) is 43.2 Å². The van der Waals surface area contributed by atoms with Gasteiger partial charge in [0.2, 0.25) is 0 Å². The molecule has 3 N–H and O–H groups in total. The highest BCUT2D eigenvalue weighted by molar-refractivity contribution is 7.47. The molecule has 0 bridgehead atoms. The first-order chi connectivity index (χ1) is 42.6. The second-order valence-corrected chi connectivity index (χ2v) is 29.8. The average molecular weight is 1310 g/mol. The third-order valence-corrected chi connectivity index (χ3v) is 18.3. The summed E-state index contributed by atoms with van der Waals surface area (Å²) in [5, 5.41) is 10.6. The van der Waals surface area contributed by atoms with E-state index in [2.05, 4.69) is 55.4 Å². The largest absolute Gasteiger partial charge is 0.472 e. The fourth-order valence-corrected chi connectivity index (χ4v) is 12.0. The molecule has 0 aromatic heterocycles. The lowest BCUT2D eigenvalue weighted by Gasteiger charge is -2.21. The minimum Gasteiger partial charge on any atom is -0.462 e. The summed E-state index contributed by atoms with van der Waals surface area (Å²) in [4.78, 5) is 72.5. The Kier molecular flexibility index (Phi) is 58.5. The third-order valence-electron chi connectivity index (χ3n) is 16.4. The number of hydrogen-bond acceptors (Lipinski definition) is 15. The van der Waals surface area contributed by atoms with E-state index >= 15 is 0 Å². The van der Waals surface area contributed by atoms with E-state index in [4.69, 9.17) is 37.0 Å². The number of unbranched alkanes of at least 4 members (excludes halogenated alkanes) is 32. The normalized spacial score (nSPS) is 14.6. The van der Waals surface area contributed by atoms with Crippen LogP contribution in [0, 0.1) is 23.7 Å². The Bertz CT molecular complexity index is 1770.